The summed E-state index contributed by atoms with van der Waals surface area (Å²) in [5.41, 5.74) is 1.50. The first-order valence-electron chi connectivity index (χ1n) is 10.4. The minimum atomic E-state index is -0.107. The standard InChI is InChI=1S/C25H32O2S/c1-2-3-4-5-6-7-8-9-19-28-24-16-13-21(14-17-24)15-18-25(27)22-11-10-12-23(26)20-22/h10-18,20,26H,2-9,19H2,1H3/b18-15+. The molecule has 0 radical (unpaired) electrons. The van der Waals surface area contributed by atoms with Gasteiger partial charge >= 0.3 is 0 Å². The zero-order valence-electron chi connectivity index (χ0n) is 16.9. The van der Waals surface area contributed by atoms with Gasteiger partial charge in [-0.05, 0) is 48.1 Å². The highest BCUT2D eigenvalue weighted by Gasteiger charge is 2.02. The normalized spacial score (nSPS) is 11.2. The molecule has 1 N–H and O–H groups in total. The van der Waals surface area contributed by atoms with Gasteiger partial charge in [0, 0.05) is 10.5 Å². The van der Waals surface area contributed by atoms with Crippen LogP contribution in [0.25, 0.3) is 6.08 Å². The minimum absolute atomic E-state index is 0.107. The van der Waals surface area contributed by atoms with Crippen LogP contribution in [0.15, 0.2) is 59.5 Å². The second kappa shape index (κ2) is 13.2. The van der Waals surface area contributed by atoms with Crippen molar-refractivity contribution in [3.63, 3.8) is 0 Å². The highest BCUT2D eigenvalue weighted by Crippen LogP contribution is 2.21. The third kappa shape index (κ3) is 8.79. The predicted molar refractivity (Wildman–Crippen MR) is 121 cm³/mol. The van der Waals surface area contributed by atoms with Crippen LogP contribution < -0.4 is 0 Å². The molecule has 0 aliphatic carbocycles. The molecule has 0 aromatic heterocycles. The van der Waals surface area contributed by atoms with Crippen molar-refractivity contribution in [3.05, 3.63) is 65.7 Å². The fourth-order valence-corrected chi connectivity index (χ4v) is 3.94. The van der Waals surface area contributed by atoms with E-state index in [0.29, 0.717) is 5.56 Å². The lowest BCUT2D eigenvalue weighted by Gasteiger charge is -2.03. The van der Waals surface area contributed by atoms with Gasteiger partial charge < -0.3 is 5.11 Å². The minimum Gasteiger partial charge on any atom is -0.508 e. The fraction of sp³-hybridized carbons (Fsp3) is 0.400. The first-order valence-corrected chi connectivity index (χ1v) is 11.4. The summed E-state index contributed by atoms with van der Waals surface area (Å²) in [5.74, 6) is 1.17. The van der Waals surface area contributed by atoms with Crippen LogP contribution in [0.4, 0.5) is 0 Å². The van der Waals surface area contributed by atoms with Crippen LogP contribution in [0.3, 0.4) is 0 Å². The van der Waals surface area contributed by atoms with Crippen molar-refractivity contribution in [2.45, 2.75) is 63.2 Å². The summed E-state index contributed by atoms with van der Waals surface area (Å²) in [6.45, 7) is 2.26. The molecule has 0 aliphatic heterocycles. The summed E-state index contributed by atoms with van der Waals surface area (Å²) in [7, 11) is 0. The Morgan fingerprint density at radius 1 is 0.929 bits per heavy atom. The van der Waals surface area contributed by atoms with Crippen molar-refractivity contribution in [1.82, 2.24) is 0 Å². The number of aromatic hydroxyl groups is 1. The number of unbranched alkanes of at least 4 members (excludes halogenated alkanes) is 7. The number of allylic oxidation sites excluding steroid dienone is 1. The Labute approximate surface area is 174 Å². The monoisotopic (exact) mass is 396 g/mol. The van der Waals surface area contributed by atoms with Crippen molar-refractivity contribution in [2.24, 2.45) is 0 Å². The van der Waals surface area contributed by atoms with E-state index in [9.17, 15) is 9.90 Å². The first-order chi connectivity index (χ1) is 13.7. The quantitative estimate of drug-likeness (QED) is 0.165. The molecule has 0 heterocycles. The van der Waals surface area contributed by atoms with Gasteiger partial charge in [0.2, 0.25) is 0 Å². The summed E-state index contributed by atoms with van der Waals surface area (Å²) < 4.78 is 0. The number of benzene rings is 2. The van der Waals surface area contributed by atoms with Gasteiger partial charge in [-0.25, -0.2) is 0 Å². The van der Waals surface area contributed by atoms with Crippen molar-refractivity contribution >= 4 is 23.6 Å². The third-order valence-electron chi connectivity index (χ3n) is 4.70. The number of carbonyl (C=O) groups is 1. The van der Waals surface area contributed by atoms with Crippen LogP contribution in [0.2, 0.25) is 0 Å². The number of rotatable bonds is 13. The van der Waals surface area contributed by atoms with E-state index in [4.69, 9.17) is 0 Å². The van der Waals surface area contributed by atoms with E-state index >= 15 is 0 Å². The number of carbonyl (C=O) groups excluding carboxylic acids is 1. The van der Waals surface area contributed by atoms with Crippen LogP contribution in [0, 0.1) is 0 Å². The van der Waals surface area contributed by atoms with E-state index in [1.807, 2.05) is 30.0 Å². The molecule has 0 fully saturated rings. The molecular formula is C25H32O2S. The van der Waals surface area contributed by atoms with Crippen LogP contribution in [0.5, 0.6) is 5.75 Å². The smallest absolute Gasteiger partial charge is 0.185 e. The second-order valence-electron chi connectivity index (χ2n) is 7.14. The lowest BCUT2D eigenvalue weighted by atomic mass is 10.1. The van der Waals surface area contributed by atoms with E-state index in [0.717, 1.165) is 5.56 Å². The number of phenols is 1. The SMILES string of the molecule is CCCCCCCCCCSc1ccc(/C=C/C(=O)c2cccc(O)c2)cc1. The Morgan fingerprint density at radius 3 is 2.29 bits per heavy atom. The second-order valence-corrected chi connectivity index (χ2v) is 8.31. The molecule has 0 bridgehead atoms. The van der Waals surface area contributed by atoms with Crippen LogP contribution in [-0.2, 0) is 0 Å². The Morgan fingerprint density at radius 2 is 1.61 bits per heavy atom. The molecule has 0 spiro atoms. The Bertz CT molecular complexity index is 734. The zero-order chi connectivity index (χ0) is 20.0. The number of hydrogen-bond acceptors (Lipinski definition) is 3. The molecule has 0 amide bonds. The van der Waals surface area contributed by atoms with Gasteiger partial charge in [0.25, 0.3) is 0 Å². The topological polar surface area (TPSA) is 37.3 Å². The number of hydrogen-bond donors (Lipinski definition) is 1. The van der Waals surface area contributed by atoms with Gasteiger partial charge in [-0.3, -0.25) is 4.79 Å². The molecule has 0 saturated carbocycles. The van der Waals surface area contributed by atoms with Crippen molar-refractivity contribution < 1.29 is 9.90 Å². The molecule has 2 nitrogen and oxygen atoms in total. The predicted octanol–water partition coefficient (Wildman–Crippen LogP) is 7.52. The van der Waals surface area contributed by atoms with Crippen molar-refractivity contribution in [1.29, 1.82) is 0 Å². The molecular weight excluding hydrogens is 364 g/mol. The van der Waals surface area contributed by atoms with Crippen molar-refractivity contribution in [2.75, 3.05) is 5.75 Å². The Hall–Kier alpha value is -2.00. The zero-order valence-corrected chi connectivity index (χ0v) is 17.7. The summed E-state index contributed by atoms with van der Waals surface area (Å²) >= 11 is 1.91. The highest BCUT2D eigenvalue weighted by atomic mass is 32.2. The Kier molecular flexibility index (Phi) is 10.5. The molecule has 0 aliphatic rings. The fourth-order valence-electron chi connectivity index (χ4n) is 3.03. The van der Waals surface area contributed by atoms with E-state index in [1.54, 1.807) is 24.3 Å². The average Bonchev–Trinajstić information content (AvgIpc) is 2.71. The van der Waals surface area contributed by atoms with E-state index in [2.05, 4.69) is 19.1 Å². The van der Waals surface area contributed by atoms with E-state index in [-0.39, 0.29) is 11.5 Å². The van der Waals surface area contributed by atoms with Gasteiger partial charge in [0.1, 0.15) is 5.75 Å². The molecule has 28 heavy (non-hydrogen) atoms. The Balaban J connectivity index is 1.66. The number of ketones is 1. The third-order valence-corrected chi connectivity index (χ3v) is 5.80. The largest absolute Gasteiger partial charge is 0.508 e. The number of thioether (sulfide) groups is 1. The van der Waals surface area contributed by atoms with Gasteiger partial charge in [0.05, 0.1) is 0 Å². The summed E-state index contributed by atoms with van der Waals surface area (Å²) in [5, 5.41) is 9.46. The molecule has 2 aromatic rings. The average molecular weight is 397 g/mol. The lowest BCUT2D eigenvalue weighted by Crippen LogP contribution is -1.93. The molecule has 0 unspecified atom stereocenters. The van der Waals surface area contributed by atoms with Crippen LogP contribution in [-0.4, -0.2) is 16.6 Å². The summed E-state index contributed by atoms with van der Waals surface area (Å²) in [6, 6.07) is 14.8. The first kappa shape index (κ1) is 22.3. The molecule has 3 heteroatoms. The van der Waals surface area contributed by atoms with Crippen LogP contribution in [0.1, 0.15) is 74.2 Å². The van der Waals surface area contributed by atoms with E-state index < -0.39 is 0 Å². The molecule has 2 aromatic carbocycles. The van der Waals surface area contributed by atoms with Crippen molar-refractivity contribution in [3.8, 4) is 5.75 Å². The summed E-state index contributed by atoms with van der Waals surface area (Å²) in [6.07, 6.45) is 14.2. The summed E-state index contributed by atoms with van der Waals surface area (Å²) in [4.78, 5) is 13.4. The van der Waals surface area contributed by atoms with Gasteiger partial charge in [-0.15, -0.1) is 11.8 Å². The highest BCUT2D eigenvalue weighted by molar-refractivity contribution is 7.99. The molecule has 150 valence electrons. The lowest BCUT2D eigenvalue weighted by molar-refractivity contribution is 0.104. The van der Waals surface area contributed by atoms with Gasteiger partial charge in [0.15, 0.2) is 5.78 Å². The van der Waals surface area contributed by atoms with Crippen LogP contribution >= 0.6 is 11.8 Å². The molecule has 0 saturated heterocycles. The van der Waals surface area contributed by atoms with E-state index in [1.165, 1.54) is 68.1 Å². The maximum absolute atomic E-state index is 12.1. The van der Waals surface area contributed by atoms with Gasteiger partial charge in [-0.1, -0.05) is 82.2 Å². The van der Waals surface area contributed by atoms with Gasteiger partial charge in [-0.2, -0.15) is 0 Å². The molecule has 0 atom stereocenters. The number of phenolic OH excluding ortho intramolecular Hbond substituents is 1. The molecule has 2 rings (SSSR count). The maximum atomic E-state index is 12.1. The maximum Gasteiger partial charge on any atom is 0.185 e.